The summed E-state index contributed by atoms with van der Waals surface area (Å²) in [5.41, 5.74) is 0.975. The van der Waals surface area contributed by atoms with E-state index in [2.05, 4.69) is 4.98 Å². The van der Waals surface area contributed by atoms with Crippen LogP contribution in [0, 0.1) is 11.6 Å². The van der Waals surface area contributed by atoms with E-state index in [9.17, 15) is 13.6 Å². The normalized spacial score (nSPS) is 15.0. The Morgan fingerprint density at radius 3 is 2.64 bits per heavy atom. The average Bonchev–Trinajstić information content (AvgIpc) is 3.11. The monoisotopic (exact) mass is 419 g/mol. The zero-order chi connectivity index (χ0) is 19.7. The smallest absolute Gasteiger partial charge is 0.246 e. The first-order valence-electron chi connectivity index (χ1n) is 8.73. The van der Waals surface area contributed by atoms with Gasteiger partial charge in [-0.05, 0) is 23.8 Å². The van der Waals surface area contributed by atoms with Gasteiger partial charge < -0.3 is 9.80 Å². The first kappa shape index (κ1) is 18.8. The van der Waals surface area contributed by atoms with E-state index in [-0.39, 0.29) is 11.4 Å². The Kier molecular flexibility index (Phi) is 5.28. The highest BCUT2D eigenvalue weighted by atomic mass is 35.5. The summed E-state index contributed by atoms with van der Waals surface area (Å²) in [5.74, 6) is -1.35. The Balaban J connectivity index is 1.41. The summed E-state index contributed by atoms with van der Waals surface area (Å²) < 4.78 is 27.7. The van der Waals surface area contributed by atoms with Crippen molar-refractivity contribution in [3.8, 4) is 0 Å². The third kappa shape index (κ3) is 3.86. The Labute approximate surface area is 169 Å². The molecule has 2 heterocycles. The SMILES string of the molecule is O=C(/C=C/c1ccccc1Cl)N1CCN(c2nc3c(F)cc(F)cc3s2)CC1. The molecule has 0 atom stereocenters. The van der Waals surface area contributed by atoms with Crippen molar-refractivity contribution in [3.63, 3.8) is 0 Å². The second-order valence-electron chi connectivity index (χ2n) is 6.40. The lowest BCUT2D eigenvalue weighted by Crippen LogP contribution is -2.48. The maximum absolute atomic E-state index is 13.9. The lowest BCUT2D eigenvalue weighted by Gasteiger charge is -2.34. The molecule has 1 aromatic heterocycles. The van der Waals surface area contributed by atoms with E-state index < -0.39 is 11.6 Å². The zero-order valence-electron chi connectivity index (χ0n) is 14.7. The first-order valence-corrected chi connectivity index (χ1v) is 9.93. The minimum absolute atomic E-state index is 0.0861. The van der Waals surface area contributed by atoms with Crippen molar-refractivity contribution in [2.24, 2.45) is 0 Å². The predicted molar refractivity (Wildman–Crippen MR) is 109 cm³/mol. The van der Waals surface area contributed by atoms with Crippen molar-refractivity contribution in [2.75, 3.05) is 31.1 Å². The van der Waals surface area contributed by atoms with Gasteiger partial charge in [0.05, 0.1) is 4.70 Å². The molecule has 3 aromatic rings. The van der Waals surface area contributed by atoms with Gasteiger partial charge in [0.25, 0.3) is 0 Å². The number of nitrogens with zero attached hydrogens (tertiary/aromatic N) is 3. The van der Waals surface area contributed by atoms with Gasteiger partial charge in [0.1, 0.15) is 11.3 Å². The summed E-state index contributed by atoms with van der Waals surface area (Å²) in [6.07, 6.45) is 3.23. The van der Waals surface area contributed by atoms with Gasteiger partial charge in [0, 0.05) is 43.3 Å². The molecule has 2 aromatic carbocycles. The van der Waals surface area contributed by atoms with Crippen molar-refractivity contribution in [1.82, 2.24) is 9.88 Å². The molecule has 0 unspecified atom stereocenters. The molecule has 1 aliphatic heterocycles. The maximum Gasteiger partial charge on any atom is 0.246 e. The number of halogens is 3. The molecule has 144 valence electrons. The lowest BCUT2D eigenvalue weighted by atomic mass is 10.2. The first-order chi connectivity index (χ1) is 13.5. The van der Waals surface area contributed by atoms with Crippen LogP contribution in [0.3, 0.4) is 0 Å². The summed E-state index contributed by atoms with van der Waals surface area (Å²) in [6.45, 7) is 2.21. The van der Waals surface area contributed by atoms with Gasteiger partial charge in [-0.2, -0.15) is 0 Å². The summed E-state index contributed by atoms with van der Waals surface area (Å²) in [5, 5.41) is 1.23. The molecule has 0 spiro atoms. The standard InChI is InChI=1S/C20H16ClF2N3OS/c21-15-4-2-1-3-13(15)5-6-18(27)25-7-9-26(10-8-25)20-24-19-16(23)11-14(22)12-17(19)28-20/h1-6,11-12H,7-10H2/b6-5+. The van der Waals surface area contributed by atoms with Gasteiger partial charge in [-0.1, -0.05) is 41.1 Å². The maximum atomic E-state index is 13.9. The Morgan fingerprint density at radius 2 is 1.89 bits per heavy atom. The molecular formula is C20H16ClF2N3OS. The molecule has 1 fully saturated rings. The van der Waals surface area contributed by atoms with Gasteiger partial charge >= 0.3 is 0 Å². The lowest BCUT2D eigenvalue weighted by molar-refractivity contribution is -0.126. The van der Waals surface area contributed by atoms with E-state index in [0.29, 0.717) is 41.0 Å². The van der Waals surface area contributed by atoms with E-state index in [4.69, 9.17) is 11.6 Å². The number of carbonyl (C=O) groups is 1. The average molecular weight is 420 g/mol. The van der Waals surface area contributed by atoms with Crippen molar-refractivity contribution >= 4 is 50.3 Å². The number of thiazole rings is 1. The van der Waals surface area contributed by atoms with Crippen LogP contribution in [0.1, 0.15) is 5.56 Å². The van der Waals surface area contributed by atoms with Crippen LogP contribution in [-0.2, 0) is 4.79 Å². The number of piperazine rings is 1. The van der Waals surface area contributed by atoms with Gasteiger partial charge in [-0.25, -0.2) is 13.8 Å². The number of fused-ring (bicyclic) bond motifs is 1. The topological polar surface area (TPSA) is 36.4 Å². The number of benzene rings is 2. The third-order valence-corrected chi connectivity index (χ3v) is 5.98. The fourth-order valence-corrected chi connectivity index (χ4v) is 4.33. The number of rotatable bonds is 3. The van der Waals surface area contributed by atoms with Crippen molar-refractivity contribution in [1.29, 1.82) is 0 Å². The van der Waals surface area contributed by atoms with Gasteiger partial charge in [-0.15, -0.1) is 0 Å². The highest BCUT2D eigenvalue weighted by Crippen LogP contribution is 2.31. The van der Waals surface area contributed by atoms with E-state index in [1.165, 1.54) is 23.5 Å². The van der Waals surface area contributed by atoms with E-state index >= 15 is 0 Å². The van der Waals surface area contributed by atoms with Crippen LogP contribution in [0.25, 0.3) is 16.3 Å². The third-order valence-electron chi connectivity index (χ3n) is 4.57. The fourth-order valence-electron chi connectivity index (χ4n) is 3.08. The number of carbonyl (C=O) groups excluding carboxylic acids is 1. The Bertz CT molecular complexity index is 1060. The quantitative estimate of drug-likeness (QED) is 0.582. The molecule has 8 heteroatoms. The highest BCUT2D eigenvalue weighted by Gasteiger charge is 2.22. The molecule has 4 nitrogen and oxygen atoms in total. The number of aromatic nitrogens is 1. The molecular weight excluding hydrogens is 404 g/mol. The molecule has 1 saturated heterocycles. The molecule has 0 N–H and O–H groups in total. The fraction of sp³-hybridized carbons (Fsp3) is 0.200. The number of hydrogen-bond acceptors (Lipinski definition) is 4. The number of hydrogen-bond donors (Lipinski definition) is 0. The summed E-state index contributed by atoms with van der Waals surface area (Å²) in [4.78, 5) is 20.5. The van der Waals surface area contributed by atoms with Crippen LogP contribution >= 0.6 is 22.9 Å². The van der Waals surface area contributed by atoms with Crippen LogP contribution in [0.5, 0.6) is 0 Å². The minimum Gasteiger partial charge on any atom is -0.345 e. The molecule has 1 aliphatic rings. The summed E-state index contributed by atoms with van der Waals surface area (Å²) >= 11 is 7.35. The number of anilines is 1. The van der Waals surface area contributed by atoms with Crippen molar-refractivity contribution in [3.05, 3.63) is 64.7 Å². The second kappa shape index (κ2) is 7.85. The molecule has 4 rings (SSSR count). The van der Waals surface area contributed by atoms with E-state index in [1.54, 1.807) is 17.0 Å². The Morgan fingerprint density at radius 1 is 1.14 bits per heavy atom. The predicted octanol–water partition coefficient (Wildman–Crippen LogP) is 4.59. The van der Waals surface area contributed by atoms with Crippen LogP contribution in [0.4, 0.5) is 13.9 Å². The van der Waals surface area contributed by atoms with Crippen LogP contribution in [0.2, 0.25) is 5.02 Å². The summed E-state index contributed by atoms with van der Waals surface area (Å²) in [7, 11) is 0. The van der Waals surface area contributed by atoms with Gasteiger partial charge in [0.15, 0.2) is 10.9 Å². The van der Waals surface area contributed by atoms with E-state index in [0.717, 1.165) is 11.6 Å². The minimum atomic E-state index is -0.656. The largest absolute Gasteiger partial charge is 0.345 e. The van der Waals surface area contributed by atoms with Gasteiger partial charge in [0.2, 0.25) is 5.91 Å². The van der Waals surface area contributed by atoms with Crippen LogP contribution in [-0.4, -0.2) is 42.0 Å². The highest BCUT2D eigenvalue weighted by molar-refractivity contribution is 7.22. The molecule has 1 amide bonds. The second-order valence-corrected chi connectivity index (χ2v) is 7.81. The molecule has 0 aliphatic carbocycles. The number of amides is 1. The summed E-state index contributed by atoms with van der Waals surface area (Å²) in [6, 6.07) is 9.45. The van der Waals surface area contributed by atoms with E-state index in [1.807, 2.05) is 23.1 Å². The Hall–Kier alpha value is -2.51. The molecule has 0 bridgehead atoms. The van der Waals surface area contributed by atoms with Crippen LogP contribution < -0.4 is 4.90 Å². The van der Waals surface area contributed by atoms with Crippen LogP contribution in [0.15, 0.2) is 42.5 Å². The molecule has 0 radical (unpaired) electrons. The molecule has 0 saturated carbocycles. The molecule has 28 heavy (non-hydrogen) atoms. The van der Waals surface area contributed by atoms with Crippen molar-refractivity contribution in [2.45, 2.75) is 0 Å². The van der Waals surface area contributed by atoms with Crippen molar-refractivity contribution < 1.29 is 13.6 Å². The zero-order valence-corrected chi connectivity index (χ0v) is 16.3. The van der Waals surface area contributed by atoms with Gasteiger partial charge in [-0.3, -0.25) is 4.79 Å².